The van der Waals surface area contributed by atoms with E-state index in [1.807, 2.05) is 0 Å². The predicted molar refractivity (Wildman–Crippen MR) is 88.0 cm³/mol. The molecular formula is C17H22N4O3. The molecule has 0 saturated heterocycles. The minimum Gasteiger partial charge on any atom is -0.467 e. The standard InChI is InChI=1S/C17H22N4O3/c1-2-3-7-20-16(22)6-10-21(13-14-5-4-11-24-14)17(23)15-12-18-8-9-19-15/h4-5,8-9,11-12H,2-3,6-7,10,13H2,1H3,(H,20,22). The highest BCUT2D eigenvalue weighted by Crippen LogP contribution is 2.09. The Kier molecular flexibility index (Phi) is 6.94. The van der Waals surface area contributed by atoms with Crippen LogP contribution in [0.4, 0.5) is 0 Å². The first-order valence-electron chi connectivity index (χ1n) is 8.05. The first-order valence-corrected chi connectivity index (χ1v) is 8.05. The molecule has 0 aliphatic rings. The third-order valence-electron chi connectivity index (χ3n) is 3.46. The Morgan fingerprint density at radius 1 is 1.33 bits per heavy atom. The topological polar surface area (TPSA) is 88.3 Å². The summed E-state index contributed by atoms with van der Waals surface area (Å²) in [5.41, 5.74) is 0.246. The molecule has 0 unspecified atom stereocenters. The van der Waals surface area contributed by atoms with Crippen molar-refractivity contribution in [3.8, 4) is 0 Å². The van der Waals surface area contributed by atoms with Gasteiger partial charge in [-0.25, -0.2) is 4.98 Å². The van der Waals surface area contributed by atoms with Gasteiger partial charge in [0, 0.05) is 31.9 Å². The molecule has 0 spiro atoms. The number of rotatable bonds is 9. The van der Waals surface area contributed by atoms with Crippen molar-refractivity contribution in [2.24, 2.45) is 0 Å². The van der Waals surface area contributed by atoms with Crippen LogP contribution in [0.15, 0.2) is 41.4 Å². The van der Waals surface area contributed by atoms with Gasteiger partial charge < -0.3 is 14.6 Å². The SMILES string of the molecule is CCCCNC(=O)CCN(Cc1ccco1)C(=O)c1cnccn1. The van der Waals surface area contributed by atoms with Crippen LogP contribution in [0.5, 0.6) is 0 Å². The molecule has 0 aromatic carbocycles. The molecule has 0 fully saturated rings. The smallest absolute Gasteiger partial charge is 0.274 e. The number of hydrogen-bond donors (Lipinski definition) is 1. The number of nitrogens with one attached hydrogen (secondary N) is 1. The maximum atomic E-state index is 12.6. The fourth-order valence-electron chi connectivity index (χ4n) is 2.14. The number of amides is 2. The summed E-state index contributed by atoms with van der Waals surface area (Å²) in [5.74, 6) is 0.305. The van der Waals surface area contributed by atoms with Crippen LogP contribution in [0.3, 0.4) is 0 Å². The average molecular weight is 330 g/mol. The lowest BCUT2D eigenvalue weighted by atomic mass is 10.2. The van der Waals surface area contributed by atoms with Gasteiger partial charge in [0.2, 0.25) is 5.91 Å². The van der Waals surface area contributed by atoms with Crippen molar-refractivity contribution in [2.75, 3.05) is 13.1 Å². The van der Waals surface area contributed by atoms with Crippen molar-refractivity contribution in [1.29, 1.82) is 0 Å². The van der Waals surface area contributed by atoms with E-state index >= 15 is 0 Å². The number of aromatic nitrogens is 2. The summed E-state index contributed by atoms with van der Waals surface area (Å²) in [7, 11) is 0. The highest BCUT2D eigenvalue weighted by atomic mass is 16.3. The molecule has 24 heavy (non-hydrogen) atoms. The lowest BCUT2D eigenvalue weighted by Crippen LogP contribution is -2.35. The average Bonchev–Trinajstić information content (AvgIpc) is 3.12. The van der Waals surface area contributed by atoms with E-state index in [0.29, 0.717) is 12.3 Å². The number of hydrogen-bond acceptors (Lipinski definition) is 5. The van der Waals surface area contributed by atoms with Gasteiger partial charge in [0.15, 0.2) is 0 Å². The molecule has 7 heteroatoms. The molecule has 0 aliphatic heterocycles. The Labute approximate surface area is 141 Å². The first kappa shape index (κ1) is 17.7. The van der Waals surface area contributed by atoms with Gasteiger partial charge in [0.1, 0.15) is 11.5 Å². The molecule has 0 radical (unpaired) electrons. The van der Waals surface area contributed by atoms with Crippen LogP contribution in [0, 0.1) is 0 Å². The number of unbranched alkanes of at least 4 members (excludes halogenated alkanes) is 1. The van der Waals surface area contributed by atoms with Gasteiger partial charge in [-0.1, -0.05) is 13.3 Å². The molecule has 0 aliphatic carbocycles. The van der Waals surface area contributed by atoms with E-state index < -0.39 is 0 Å². The quantitative estimate of drug-likeness (QED) is 0.711. The molecule has 128 valence electrons. The summed E-state index contributed by atoms with van der Waals surface area (Å²) >= 11 is 0. The molecule has 2 rings (SSSR count). The highest BCUT2D eigenvalue weighted by Gasteiger charge is 2.19. The zero-order valence-electron chi connectivity index (χ0n) is 13.8. The second-order valence-corrected chi connectivity index (χ2v) is 5.35. The Bertz CT molecular complexity index is 629. The Hall–Kier alpha value is -2.70. The maximum absolute atomic E-state index is 12.6. The summed E-state index contributed by atoms with van der Waals surface area (Å²) in [6.07, 6.45) is 8.15. The number of carbonyl (C=O) groups excluding carboxylic acids is 2. The highest BCUT2D eigenvalue weighted by molar-refractivity contribution is 5.92. The summed E-state index contributed by atoms with van der Waals surface area (Å²) < 4.78 is 5.31. The van der Waals surface area contributed by atoms with Crippen LogP contribution in [-0.4, -0.2) is 39.8 Å². The molecule has 2 heterocycles. The van der Waals surface area contributed by atoms with E-state index in [-0.39, 0.29) is 37.0 Å². The fraction of sp³-hybridized carbons (Fsp3) is 0.412. The van der Waals surface area contributed by atoms with Crippen molar-refractivity contribution in [1.82, 2.24) is 20.2 Å². The third kappa shape index (κ3) is 5.49. The maximum Gasteiger partial charge on any atom is 0.274 e. The van der Waals surface area contributed by atoms with Crippen LogP contribution in [-0.2, 0) is 11.3 Å². The van der Waals surface area contributed by atoms with E-state index in [9.17, 15) is 9.59 Å². The Morgan fingerprint density at radius 2 is 2.21 bits per heavy atom. The molecule has 0 atom stereocenters. The molecule has 1 N–H and O–H groups in total. The van der Waals surface area contributed by atoms with Crippen molar-refractivity contribution < 1.29 is 14.0 Å². The Morgan fingerprint density at radius 3 is 2.88 bits per heavy atom. The first-order chi connectivity index (χ1) is 11.7. The second kappa shape index (κ2) is 9.44. The van der Waals surface area contributed by atoms with Crippen LogP contribution in [0.1, 0.15) is 42.4 Å². The van der Waals surface area contributed by atoms with Gasteiger partial charge in [-0.3, -0.25) is 14.6 Å². The molecule has 0 saturated carbocycles. The van der Waals surface area contributed by atoms with Crippen LogP contribution < -0.4 is 5.32 Å². The van der Waals surface area contributed by atoms with E-state index in [2.05, 4.69) is 22.2 Å². The van der Waals surface area contributed by atoms with Crippen molar-refractivity contribution in [3.05, 3.63) is 48.4 Å². The fourth-order valence-corrected chi connectivity index (χ4v) is 2.14. The largest absolute Gasteiger partial charge is 0.467 e. The van der Waals surface area contributed by atoms with Crippen molar-refractivity contribution in [3.63, 3.8) is 0 Å². The molecule has 2 amide bonds. The van der Waals surface area contributed by atoms with E-state index in [1.165, 1.54) is 18.6 Å². The van der Waals surface area contributed by atoms with Gasteiger partial charge in [-0.2, -0.15) is 0 Å². The minimum atomic E-state index is -0.277. The third-order valence-corrected chi connectivity index (χ3v) is 3.46. The normalized spacial score (nSPS) is 10.4. The van der Waals surface area contributed by atoms with Gasteiger partial charge in [0.25, 0.3) is 5.91 Å². The summed E-state index contributed by atoms with van der Waals surface area (Å²) in [5, 5.41) is 2.85. The van der Waals surface area contributed by atoms with E-state index in [0.717, 1.165) is 12.8 Å². The van der Waals surface area contributed by atoms with Gasteiger partial charge in [-0.05, 0) is 18.6 Å². The van der Waals surface area contributed by atoms with E-state index in [1.54, 1.807) is 23.3 Å². The van der Waals surface area contributed by atoms with Crippen molar-refractivity contribution >= 4 is 11.8 Å². The van der Waals surface area contributed by atoms with Gasteiger partial charge >= 0.3 is 0 Å². The monoisotopic (exact) mass is 330 g/mol. The molecular weight excluding hydrogens is 308 g/mol. The van der Waals surface area contributed by atoms with Crippen molar-refractivity contribution in [2.45, 2.75) is 32.7 Å². The predicted octanol–water partition coefficient (Wildman–Crippen LogP) is 2.02. The van der Waals surface area contributed by atoms with Crippen LogP contribution in [0.2, 0.25) is 0 Å². The zero-order chi connectivity index (χ0) is 17.2. The Balaban J connectivity index is 1.98. The molecule has 2 aromatic heterocycles. The number of nitrogens with zero attached hydrogens (tertiary/aromatic N) is 3. The number of furan rings is 1. The zero-order valence-corrected chi connectivity index (χ0v) is 13.8. The van der Waals surface area contributed by atoms with E-state index in [4.69, 9.17) is 4.42 Å². The molecule has 7 nitrogen and oxygen atoms in total. The second-order valence-electron chi connectivity index (χ2n) is 5.35. The lowest BCUT2D eigenvalue weighted by molar-refractivity contribution is -0.121. The lowest BCUT2D eigenvalue weighted by Gasteiger charge is -2.21. The van der Waals surface area contributed by atoms with Gasteiger partial charge in [-0.15, -0.1) is 0 Å². The number of carbonyl (C=O) groups is 2. The minimum absolute atomic E-state index is 0.0696. The van der Waals surface area contributed by atoms with Gasteiger partial charge in [0.05, 0.1) is 19.0 Å². The van der Waals surface area contributed by atoms with Crippen LogP contribution >= 0.6 is 0 Å². The summed E-state index contributed by atoms with van der Waals surface area (Å²) in [4.78, 5) is 34.0. The molecule has 0 bridgehead atoms. The summed E-state index contributed by atoms with van der Waals surface area (Å²) in [6, 6.07) is 3.55. The summed E-state index contributed by atoms with van der Waals surface area (Å²) in [6.45, 7) is 3.29. The molecule has 2 aromatic rings. The van der Waals surface area contributed by atoms with Crippen LogP contribution in [0.25, 0.3) is 0 Å².